The number of aromatic nitrogens is 3. The van der Waals surface area contributed by atoms with Crippen LogP contribution in [0.4, 0.5) is 35.5 Å². The van der Waals surface area contributed by atoms with Gasteiger partial charge in [0.1, 0.15) is 5.75 Å². The first-order valence-corrected chi connectivity index (χ1v) is 14.0. The van der Waals surface area contributed by atoms with Crippen molar-refractivity contribution in [1.29, 1.82) is 0 Å². The Balaban J connectivity index is 1.55. The molecule has 12 nitrogen and oxygen atoms in total. The van der Waals surface area contributed by atoms with Gasteiger partial charge in [-0.05, 0) is 69.2 Å². The van der Waals surface area contributed by atoms with Crippen LogP contribution in [0.1, 0.15) is 43.1 Å². The SMILES string of the molecule is CC(C)(C)NC(=O)N1CCCOc2ccc(cc2)CNc2nc(nc(OCC(F)(F)F)n2)Nc2ccc(cc2)C(=O)NCC1. The molecule has 5 heterocycles. The summed E-state index contributed by atoms with van der Waals surface area (Å²) in [6.07, 6.45) is -4.02. The molecular weight excluding hydrogens is 581 g/mol. The molecule has 0 fully saturated rings. The zero-order valence-corrected chi connectivity index (χ0v) is 24.6. The predicted octanol–water partition coefficient (Wildman–Crippen LogP) is 4.49. The quantitative estimate of drug-likeness (QED) is 0.328. The number of amides is 3. The highest BCUT2D eigenvalue weighted by Crippen LogP contribution is 2.21. The number of carbonyl (C=O) groups excluding carboxylic acids is 2. The van der Waals surface area contributed by atoms with Crippen LogP contribution in [-0.4, -0.2) is 76.4 Å². The molecule has 15 heteroatoms. The Kier molecular flexibility index (Phi) is 10.3. The fraction of sp³-hybridized carbons (Fsp3) is 0.414. The molecule has 0 spiro atoms. The molecular formula is C29H35F3N8O4. The van der Waals surface area contributed by atoms with Gasteiger partial charge in [0.05, 0.1) is 6.61 Å². The minimum absolute atomic E-state index is 0.00515. The summed E-state index contributed by atoms with van der Waals surface area (Å²) < 4.78 is 48.9. The van der Waals surface area contributed by atoms with E-state index < -0.39 is 24.3 Å². The van der Waals surface area contributed by atoms with Crippen molar-refractivity contribution in [3.8, 4) is 11.8 Å². The fourth-order valence-electron chi connectivity index (χ4n) is 3.99. The van der Waals surface area contributed by atoms with Crippen LogP contribution in [-0.2, 0) is 6.54 Å². The van der Waals surface area contributed by atoms with E-state index in [-0.39, 0.29) is 43.5 Å². The highest BCUT2D eigenvalue weighted by atomic mass is 19.4. The molecule has 236 valence electrons. The van der Waals surface area contributed by atoms with Gasteiger partial charge >= 0.3 is 18.2 Å². The van der Waals surface area contributed by atoms with Gasteiger partial charge in [0.25, 0.3) is 5.91 Å². The third-order valence-electron chi connectivity index (χ3n) is 6.03. The number of anilines is 3. The Morgan fingerprint density at radius 1 is 0.977 bits per heavy atom. The normalized spacial score (nSPS) is 15.0. The van der Waals surface area contributed by atoms with Crippen LogP contribution < -0.4 is 30.7 Å². The summed E-state index contributed by atoms with van der Waals surface area (Å²) in [5.41, 5.74) is 1.24. The predicted molar refractivity (Wildman–Crippen MR) is 157 cm³/mol. The van der Waals surface area contributed by atoms with Crippen LogP contribution in [0.2, 0.25) is 0 Å². The number of rotatable bonds is 2. The van der Waals surface area contributed by atoms with Gasteiger partial charge in [-0.1, -0.05) is 12.1 Å². The molecule has 0 radical (unpaired) electrons. The van der Waals surface area contributed by atoms with E-state index in [0.717, 1.165) is 5.56 Å². The van der Waals surface area contributed by atoms with Crippen LogP contribution in [0.25, 0.3) is 0 Å². The smallest absolute Gasteiger partial charge is 0.422 e. The van der Waals surface area contributed by atoms with E-state index in [9.17, 15) is 22.8 Å². The Morgan fingerprint density at radius 2 is 1.68 bits per heavy atom. The summed E-state index contributed by atoms with van der Waals surface area (Å²) in [5.74, 6) is 0.221. The summed E-state index contributed by atoms with van der Waals surface area (Å²) in [5, 5.41) is 11.7. The van der Waals surface area contributed by atoms with Gasteiger partial charge in [0.2, 0.25) is 11.9 Å². The third kappa shape index (κ3) is 10.5. The molecule has 0 unspecified atom stereocenters. The molecule has 6 bridgehead atoms. The first-order valence-electron chi connectivity index (χ1n) is 14.0. The Bertz CT molecular complexity index is 1410. The van der Waals surface area contributed by atoms with Crippen LogP contribution in [0.5, 0.6) is 11.8 Å². The summed E-state index contributed by atoms with van der Waals surface area (Å²) in [7, 11) is 0. The Morgan fingerprint density at radius 3 is 2.36 bits per heavy atom. The zero-order valence-electron chi connectivity index (χ0n) is 24.6. The van der Waals surface area contributed by atoms with E-state index in [1.165, 1.54) is 0 Å². The van der Waals surface area contributed by atoms with Gasteiger partial charge in [0.15, 0.2) is 6.61 Å². The highest BCUT2D eigenvalue weighted by Gasteiger charge is 2.29. The fourth-order valence-corrected chi connectivity index (χ4v) is 3.99. The van der Waals surface area contributed by atoms with Crippen LogP contribution in [0.15, 0.2) is 48.5 Å². The maximum absolute atomic E-state index is 12.9. The number of nitrogens with one attached hydrogen (secondary N) is 4. The van der Waals surface area contributed by atoms with Crippen molar-refractivity contribution in [2.24, 2.45) is 0 Å². The maximum Gasteiger partial charge on any atom is 0.422 e. The molecule has 3 amide bonds. The van der Waals surface area contributed by atoms with Crippen molar-refractivity contribution in [3.05, 3.63) is 59.7 Å². The number of nitrogens with zero attached hydrogens (tertiary/aromatic N) is 4. The molecule has 3 aromatic rings. The molecule has 4 aliphatic heterocycles. The largest absolute Gasteiger partial charge is 0.494 e. The lowest BCUT2D eigenvalue weighted by molar-refractivity contribution is -0.154. The molecule has 0 saturated carbocycles. The van der Waals surface area contributed by atoms with Crippen molar-refractivity contribution < 1.29 is 32.2 Å². The van der Waals surface area contributed by atoms with E-state index >= 15 is 0 Å². The number of hydrogen-bond acceptors (Lipinski definition) is 9. The molecule has 1 aromatic heterocycles. The monoisotopic (exact) mass is 616 g/mol. The molecule has 0 atom stereocenters. The molecule has 7 rings (SSSR count). The number of ether oxygens (including phenoxy) is 2. The second kappa shape index (κ2) is 14.1. The second-order valence-electron chi connectivity index (χ2n) is 11.0. The van der Waals surface area contributed by atoms with Crippen LogP contribution in [0, 0.1) is 0 Å². The number of alkyl halides is 3. The van der Waals surface area contributed by atoms with Crippen molar-refractivity contribution in [2.45, 2.75) is 45.5 Å². The Labute approximate surface area is 252 Å². The van der Waals surface area contributed by atoms with Gasteiger partial charge in [0, 0.05) is 43.0 Å². The lowest BCUT2D eigenvalue weighted by Gasteiger charge is -2.28. The first-order chi connectivity index (χ1) is 20.8. The molecule has 0 aliphatic carbocycles. The Hall–Kier alpha value is -4.82. The third-order valence-corrected chi connectivity index (χ3v) is 6.03. The van der Waals surface area contributed by atoms with Gasteiger partial charge in [-0.2, -0.15) is 28.1 Å². The van der Waals surface area contributed by atoms with Crippen molar-refractivity contribution in [1.82, 2.24) is 30.5 Å². The van der Waals surface area contributed by atoms with Crippen molar-refractivity contribution in [2.75, 3.05) is 43.5 Å². The minimum atomic E-state index is -4.58. The molecule has 4 N–H and O–H groups in total. The van der Waals surface area contributed by atoms with Gasteiger partial charge in [-0.25, -0.2) is 4.79 Å². The number of benzene rings is 2. The van der Waals surface area contributed by atoms with Crippen molar-refractivity contribution >= 4 is 29.5 Å². The number of urea groups is 1. The lowest BCUT2D eigenvalue weighted by atomic mass is 10.1. The average molecular weight is 617 g/mol. The van der Waals surface area contributed by atoms with Crippen LogP contribution >= 0.6 is 0 Å². The van der Waals surface area contributed by atoms with Crippen LogP contribution in [0.3, 0.4) is 0 Å². The van der Waals surface area contributed by atoms with E-state index in [4.69, 9.17) is 9.47 Å². The van der Waals surface area contributed by atoms with Gasteiger partial charge in [-0.15, -0.1) is 0 Å². The number of halogens is 3. The average Bonchev–Trinajstić information content (AvgIpc) is 2.95. The lowest BCUT2D eigenvalue weighted by Crippen LogP contribution is -2.50. The summed E-state index contributed by atoms with van der Waals surface area (Å²) >= 11 is 0. The first kappa shape index (κ1) is 32.1. The topological polar surface area (TPSA) is 143 Å². The summed E-state index contributed by atoms with van der Waals surface area (Å²) in [4.78, 5) is 39.5. The standard InChI is InChI=1S/C29H35F3N8O4/c1-28(2,3)39-27(42)40-14-4-16-43-22-11-5-19(6-12-22)17-34-24-36-25(38-26(37-24)44-18-29(30,31)32)35-21-9-7-20(8-10-21)23(41)33-13-15-40/h5-12H,4,13-18H2,1-3H3,(H,33,41)(H,39,42)(H2,34,35,36,37,38). The van der Waals surface area contributed by atoms with Crippen molar-refractivity contribution in [3.63, 3.8) is 0 Å². The maximum atomic E-state index is 12.9. The van der Waals surface area contributed by atoms with Gasteiger partial charge < -0.3 is 35.6 Å². The van der Waals surface area contributed by atoms with E-state index in [2.05, 4.69) is 36.2 Å². The summed E-state index contributed by atoms with van der Waals surface area (Å²) in [6.45, 7) is 5.66. The summed E-state index contributed by atoms with van der Waals surface area (Å²) in [6, 6.07) is 12.8. The highest BCUT2D eigenvalue weighted by molar-refractivity contribution is 5.94. The van der Waals surface area contributed by atoms with E-state index in [1.54, 1.807) is 41.3 Å². The molecule has 44 heavy (non-hydrogen) atoms. The van der Waals surface area contributed by atoms with E-state index in [0.29, 0.717) is 36.6 Å². The molecule has 0 saturated heterocycles. The number of hydrogen-bond donors (Lipinski definition) is 4. The second-order valence-corrected chi connectivity index (χ2v) is 11.0. The zero-order chi connectivity index (χ0) is 31.7. The number of carbonyl (C=O) groups is 2. The molecule has 2 aromatic carbocycles. The minimum Gasteiger partial charge on any atom is -0.494 e. The van der Waals surface area contributed by atoms with E-state index in [1.807, 2.05) is 32.9 Å². The van der Waals surface area contributed by atoms with Gasteiger partial charge in [-0.3, -0.25) is 4.79 Å². The molecule has 4 aliphatic rings.